The summed E-state index contributed by atoms with van der Waals surface area (Å²) in [6, 6.07) is 8.36. The summed E-state index contributed by atoms with van der Waals surface area (Å²) >= 11 is 2.31. The monoisotopic (exact) mass is 434 g/mol. The average Bonchev–Trinajstić information content (AvgIpc) is 2.44. The predicted molar refractivity (Wildman–Crippen MR) is 102 cm³/mol. The highest BCUT2D eigenvalue weighted by molar-refractivity contribution is 14.1. The molecule has 0 aliphatic heterocycles. The van der Waals surface area contributed by atoms with Gasteiger partial charge in [-0.2, -0.15) is 0 Å². The second-order valence-electron chi connectivity index (χ2n) is 6.35. The molecule has 1 unspecified atom stereocenters. The van der Waals surface area contributed by atoms with Crippen molar-refractivity contribution in [3.63, 3.8) is 0 Å². The Balaban J connectivity index is 2.36. The van der Waals surface area contributed by atoms with E-state index in [9.17, 15) is 4.79 Å². The van der Waals surface area contributed by atoms with Gasteiger partial charge in [0.1, 0.15) is 5.60 Å². The van der Waals surface area contributed by atoms with Crippen LogP contribution in [0.2, 0.25) is 0 Å². The van der Waals surface area contributed by atoms with Crippen molar-refractivity contribution in [3.05, 3.63) is 27.8 Å². The predicted octanol–water partition coefficient (Wildman–Crippen LogP) is 4.02. The topological polar surface area (TPSA) is 59.6 Å². The zero-order valence-corrected chi connectivity index (χ0v) is 16.5. The van der Waals surface area contributed by atoms with Gasteiger partial charge >= 0.3 is 6.09 Å². The summed E-state index contributed by atoms with van der Waals surface area (Å²) < 4.78 is 11.7. The van der Waals surface area contributed by atoms with E-state index in [0.29, 0.717) is 13.2 Å². The molecule has 0 saturated carbocycles. The van der Waals surface area contributed by atoms with Crippen LogP contribution in [-0.2, 0) is 9.47 Å². The van der Waals surface area contributed by atoms with E-state index in [2.05, 4.69) is 45.4 Å². The van der Waals surface area contributed by atoms with Crippen molar-refractivity contribution in [2.24, 2.45) is 0 Å². The first kappa shape index (κ1) is 20.0. The van der Waals surface area contributed by atoms with Crippen LogP contribution in [0.5, 0.6) is 0 Å². The molecule has 1 atom stereocenters. The lowest BCUT2D eigenvalue weighted by molar-refractivity contribution is 0.0526. The second-order valence-corrected chi connectivity index (χ2v) is 7.51. The van der Waals surface area contributed by atoms with Crippen molar-refractivity contribution >= 4 is 34.4 Å². The Hall–Kier alpha value is -1.02. The Morgan fingerprint density at radius 3 is 2.61 bits per heavy atom. The number of alkyl carbamates (subject to hydrolysis) is 1. The quantitative estimate of drug-likeness (QED) is 0.480. The Kier molecular flexibility index (Phi) is 8.68. The van der Waals surface area contributed by atoms with E-state index in [-0.39, 0.29) is 12.1 Å². The first-order chi connectivity index (χ1) is 10.8. The number of nitrogens with one attached hydrogen (secondary N) is 2. The molecule has 1 aromatic carbocycles. The normalized spacial score (nSPS) is 12.6. The molecule has 0 heterocycles. The number of ether oxygens (including phenoxy) is 2. The van der Waals surface area contributed by atoms with Gasteiger partial charge in [0, 0.05) is 29.0 Å². The summed E-state index contributed by atoms with van der Waals surface area (Å²) in [5.74, 6) is 0. The third-order valence-electron chi connectivity index (χ3n) is 3.00. The lowest BCUT2D eigenvalue weighted by Gasteiger charge is -2.21. The van der Waals surface area contributed by atoms with Gasteiger partial charge in [0.15, 0.2) is 0 Å². The molecule has 2 N–H and O–H groups in total. The molecule has 1 aromatic rings. The van der Waals surface area contributed by atoms with Crippen molar-refractivity contribution in [2.75, 3.05) is 25.6 Å². The number of methoxy groups -OCH3 is 1. The Morgan fingerprint density at radius 1 is 1.30 bits per heavy atom. The number of benzene rings is 1. The lowest BCUT2D eigenvalue weighted by Crippen LogP contribution is -2.34. The van der Waals surface area contributed by atoms with Gasteiger partial charge in [-0.05, 0) is 68.3 Å². The molecule has 23 heavy (non-hydrogen) atoms. The number of anilines is 1. The highest BCUT2D eigenvalue weighted by Gasteiger charge is 2.16. The van der Waals surface area contributed by atoms with E-state index in [0.717, 1.165) is 18.5 Å². The molecule has 0 bridgehead atoms. The van der Waals surface area contributed by atoms with Crippen molar-refractivity contribution in [3.8, 4) is 0 Å². The zero-order valence-electron chi connectivity index (χ0n) is 14.3. The fourth-order valence-electron chi connectivity index (χ4n) is 2.05. The van der Waals surface area contributed by atoms with Crippen LogP contribution in [0, 0.1) is 3.57 Å². The van der Waals surface area contributed by atoms with Gasteiger partial charge in [0.2, 0.25) is 0 Å². The first-order valence-electron chi connectivity index (χ1n) is 7.78. The molecule has 130 valence electrons. The molecule has 1 amide bonds. The van der Waals surface area contributed by atoms with E-state index >= 15 is 0 Å². The summed E-state index contributed by atoms with van der Waals surface area (Å²) in [4.78, 5) is 11.6. The molecule has 0 aliphatic rings. The lowest BCUT2D eigenvalue weighted by atomic mass is 10.1. The van der Waals surface area contributed by atoms with Crippen molar-refractivity contribution < 1.29 is 14.3 Å². The van der Waals surface area contributed by atoms with E-state index in [1.54, 1.807) is 7.11 Å². The molecular formula is C17H27IN2O3. The van der Waals surface area contributed by atoms with Gasteiger partial charge in [0.05, 0.1) is 6.61 Å². The van der Waals surface area contributed by atoms with Gasteiger partial charge in [-0.3, -0.25) is 0 Å². The Labute approximate surface area is 152 Å². The molecule has 0 radical (unpaired) electrons. The molecule has 0 spiro atoms. The summed E-state index contributed by atoms with van der Waals surface area (Å²) in [5, 5.41) is 6.28. The number of amides is 1. The van der Waals surface area contributed by atoms with Crippen LogP contribution >= 0.6 is 22.6 Å². The molecule has 0 saturated heterocycles. The summed E-state index contributed by atoms with van der Waals surface area (Å²) in [6.45, 7) is 6.77. The molecule has 5 nitrogen and oxygen atoms in total. The Morgan fingerprint density at radius 2 is 2.00 bits per heavy atom. The number of hydrogen-bond donors (Lipinski definition) is 2. The largest absolute Gasteiger partial charge is 0.444 e. The SMILES string of the molecule is COCC(CCCNC(=O)OC(C)(C)C)Nc1ccccc1I. The third kappa shape index (κ3) is 9.00. The minimum absolute atomic E-state index is 0.205. The fraction of sp³-hybridized carbons (Fsp3) is 0.588. The molecule has 0 aliphatic carbocycles. The van der Waals surface area contributed by atoms with Gasteiger partial charge in [-0.1, -0.05) is 12.1 Å². The van der Waals surface area contributed by atoms with Crippen LogP contribution in [-0.4, -0.2) is 38.0 Å². The summed E-state index contributed by atoms with van der Waals surface area (Å²) in [5.41, 5.74) is 0.643. The fourth-order valence-corrected chi connectivity index (χ4v) is 2.59. The summed E-state index contributed by atoms with van der Waals surface area (Å²) in [7, 11) is 1.70. The van der Waals surface area contributed by atoms with Gasteiger partial charge in [-0.15, -0.1) is 0 Å². The standard InChI is InChI=1S/C17H27IN2O3/c1-17(2,3)23-16(21)19-11-7-8-13(12-22-4)20-15-10-6-5-9-14(15)18/h5-6,9-10,13,20H,7-8,11-12H2,1-4H3,(H,19,21). The van der Waals surface area contributed by atoms with E-state index < -0.39 is 5.60 Å². The van der Waals surface area contributed by atoms with E-state index in [1.807, 2.05) is 32.9 Å². The van der Waals surface area contributed by atoms with Crippen LogP contribution in [0.3, 0.4) is 0 Å². The Bertz CT molecular complexity index is 489. The molecule has 6 heteroatoms. The maximum Gasteiger partial charge on any atom is 0.407 e. The van der Waals surface area contributed by atoms with Crippen LogP contribution < -0.4 is 10.6 Å². The van der Waals surface area contributed by atoms with Crippen molar-refractivity contribution in [2.45, 2.75) is 45.3 Å². The van der Waals surface area contributed by atoms with Crippen LogP contribution in [0.15, 0.2) is 24.3 Å². The summed E-state index contributed by atoms with van der Waals surface area (Å²) in [6.07, 6.45) is 1.38. The van der Waals surface area contributed by atoms with Crippen LogP contribution in [0.4, 0.5) is 10.5 Å². The molecule has 0 fully saturated rings. The molecule has 0 aromatic heterocycles. The van der Waals surface area contributed by atoms with Crippen LogP contribution in [0.1, 0.15) is 33.6 Å². The maximum atomic E-state index is 11.6. The molecule has 1 rings (SSSR count). The minimum Gasteiger partial charge on any atom is -0.444 e. The van der Waals surface area contributed by atoms with Crippen molar-refractivity contribution in [1.29, 1.82) is 0 Å². The van der Waals surface area contributed by atoms with Gasteiger partial charge in [-0.25, -0.2) is 4.79 Å². The van der Waals surface area contributed by atoms with Gasteiger partial charge in [0.25, 0.3) is 0 Å². The third-order valence-corrected chi connectivity index (χ3v) is 3.94. The second kappa shape index (κ2) is 9.97. The number of halogens is 1. The minimum atomic E-state index is -0.464. The molecular weight excluding hydrogens is 407 g/mol. The van der Waals surface area contributed by atoms with E-state index in [1.165, 1.54) is 3.57 Å². The smallest absolute Gasteiger partial charge is 0.407 e. The van der Waals surface area contributed by atoms with Crippen molar-refractivity contribution in [1.82, 2.24) is 5.32 Å². The first-order valence-corrected chi connectivity index (χ1v) is 8.86. The highest BCUT2D eigenvalue weighted by atomic mass is 127. The zero-order chi connectivity index (χ0) is 17.3. The maximum absolute atomic E-state index is 11.6. The highest BCUT2D eigenvalue weighted by Crippen LogP contribution is 2.19. The van der Waals surface area contributed by atoms with E-state index in [4.69, 9.17) is 9.47 Å². The van der Waals surface area contributed by atoms with Crippen LogP contribution in [0.25, 0.3) is 0 Å². The average molecular weight is 434 g/mol. The number of carbonyl (C=O) groups is 1. The number of hydrogen-bond acceptors (Lipinski definition) is 4. The van der Waals surface area contributed by atoms with Gasteiger partial charge < -0.3 is 20.1 Å². The number of para-hydroxylation sites is 1. The number of rotatable bonds is 8. The number of carbonyl (C=O) groups excluding carboxylic acids is 1.